The second-order valence-electron chi connectivity index (χ2n) is 8.43. The Morgan fingerprint density at radius 3 is 2.84 bits per heavy atom. The first-order valence-electron chi connectivity index (χ1n) is 11.0. The third kappa shape index (κ3) is 3.82. The van der Waals surface area contributed by atoms with Crippen molar-refractivity contribution in [3.8, 4) is 0 Å². The summed E-state index contributed by atoms with van der Waals surface area (Å²) in [5.74, 6) is -0.780. The highest BCUT2D eigenvalue weighted by molar-refractivity contribution is 6.07. The van der Waals surface area contributed by atoms with Gasteiger partial charge in [0.1, 0.15) is 0 Å². The number of amides is 2. The van der Waals surface area contributed by atoms with Crippen LogP contribution in [0.5, 0.6) is 0 Å². The maximum absolute atomic E-state index is 13.1. The van der Waals surface area contributed by atoms with Crippen LogP contribution in [0.2, 0.25) is 0 Å². The number of likely N-dealkylation sites (N-methyl/N-ethyl adjacent to an activating group) is 1. The Bertz CT molecular complexity index is 1050. The van der Waals surface area contributed by atoms with Crippen LogP contribution in [-0.2, 0) is 28.2 Å². The van der Waals surface area contributed by atoms with Crippen LogP contribution in [-0.4, -0.2) is 57.2 Å². The van der Waals surface area contributed by atoms with Crippen molar-refractivity contribution in [1.82, 2.24) is 15.0 Å². The molecule has 2 aliphatic rings. The van der Waals surface area contributed by atoms with Gasteiger partial charge < -0.3 is 20.0 Å². The number of aromatic nitrogens is 3. The van der Waals surface area contributed by atoms with Gasteiger partial charge >= 0.3 is 0 Å². The number of fused-ring (bicyclic) bond motifs is 1. The van der Waals surface area contributed by atoms with Gasteiger partial charge in [0.05, 0.1) is 11.4 Å². The van der Waals surface area contributed by atoms with Gasteiger partial charge in [-0.1, -0.05) is 24.3 Å². The molecule has 0 spiro atoms. The van der Waals surface area contributed by atoms with E-state index in [4.69, 9.17) is 5.11 Å². The first-order valence-corrected chi connectivity index (χ1v) is 11.0. The fourth-order valence-electron chi connectivity index (χ4n) is 4.45. The third-order valence-electron chi connectivity index (χ3n) is 6.33. The van der Waals surface area contributed by atoms with Crippen molar-refractivity contribution in [3.05, 3.63) is 47.8 Å². The Labute approximate surface area is 186 Å². The summed E-state index contributed by atoms with van der Waals surface area (Å²) < 4.78 is 1.71. The molecule has 0 bridgehead atoms. The number of aliphatic hydroxyl groups excluding tert-OH is 1. The molecule has 3 heterocycles. The number of carbonyl (C=O) groups excluding carboxylic acids is 2. The molecule has 170 valence electrons. The summed E-state index contributed by atoms with van der Waals surface area (Å²) in [4.78, 5) is 28.4. The summed E-state index contributed by atoms with van der Waals surface area (Å²) in [5, 5.41) is 28.6. The zero-order valence-electron chi connectivity index (χ0n) is 18.4. The number of anilines is 2. The molecule has 2 N–H and O–H groups in total. The van der Waals surface area contributed by atoms with Gasteiger partial charge in [0.25, 0.3) is 5.91 Å². The first-order chi connectivity index (χ1) is 15.4. The van der Waals surface area contributed by atoms with E-state index in [1.807, 2.05) is 25.1 Å². The number of aryl methyl sites for hydroxylation is 1. The first kappa shape index (κ1) is 22.2. The summed E-state index contributed by atoms with van der Waals surface area (Å²) in [5.41, 5.74) is 0.953. The summed E-state index contributed by atoms with van der Waals surface area (Å²) in [6.45, 7) is 3.11. The summed E-state index contributed by atoms with van der Waals surface area (Å²) in [7, 11) is 1.66. The van der Waals surface area contributed by atoms with Crippen molar-refractivity contribution in [1.29, 1.82) is 0 Å². The molecule has 1 saturated heterocycles. The van der Waals surface area contributed by atoms with Crippen LogP contribution >= 0.6 is 0 Å². The lowest BCUT2D eigenvalue weighted by molar-refractivity contribution is -0.139. The van der Waals surface area contributed by atoms with E-state index < -0.39 is 11.5 Å². The van der Waals surface area contributed by atoms with Gasteiger partial charge in [0.15, 0.2) is 5.60 Å². The average Bonchev–Trinajstić information content (AvgIpc) is 3.47. The van der Waals surface area contributed by atoms with Crippen molar-refractivity contribution in [2.24, 2.45) is 5.92 Å². The smallest absolute Gasteiger partial charge is 0.264 e. The van der Waals surface area contributed by atoms with Gasteiger partial charge in [0, 0.05) is 63.0 Å². The number of rotatable bonds is 8. The predicted molar refractivity (Wildman–Crippen MR) is 119 cm³/mol. The van der Waals surface area contributed by atoms with Crippen LogP contribution in [0.1, 0.15) is 37.4 Å². The molecule has 0 radical (unpaired) electrons. The lowest BCUT2D eigenvalue weighted by Crippen LogP contribution is -2.43. The maximum Gasteiger partial charge on any atom is 0.264 e. The molecule has 2 aromatic rings. The fourth-order valence-corrected chi connectivity index (χ4v) is 4.45. The average molecular weight is 440 g/mol. The van der Waals surface area contributed by atoms with Crippen LogP contribution in [0.15, 0.2) is 36.5 Å². The zero-order chi connectivity index (χ0) is 22.9. The predicted octanol–water partition coefficient (Wildman–Crippen LogP) is 1.39. The van der Waals surface area contributed by atoms with Gasteiger partial charge in [-0.3, -0.25) is 14.3 Å². The molecule has 4 rings (SSSR count). The van der Waals surface area contributed by atoms with Gasteiger partial charge in [-0.05, 0) is 31.0 Å². The number of hydrogen-bond acceptors (Lipinski definition) is 6. The molecular weight excluding hydrogens is 410 g/mol. The molecule has 32 heavy (non-hydrogen) atoms. The Hall–Kier alpha value is -3.04. The SMILES string of the molecule is C[C@@H](/C=C/CCn1cc(CCO)nn1)[C@]1(O)C(=O)N(C)c2ccc(N3CCCC3=O)cc21. The Balaban J connectivity index is 1.51. The number of allylic oxidation sites excluding steroid dienone is 1. The van der Waals surface area contributed by atoms with E-state index >= 15 is 0 Å². The molecular formula is C23H29N5O4. The lowest BCUT2D eigenvalue weighted by atomic mass is 9.82. The molecule has 2 amide bonds. The van der Waals surface area contributed by atoms with Crippen LogP contribution in [0.4, 0.5) is 11.4 Å². The van der Waals surface area contributed by atoms with Crippen LogP contribution < -0.4 is 9.80 Å². The molecule has 2 aliphatic heterocycles. The molecule has 0 unspecified atom stereocenters. The summed E-state index contributed by atoms with van der Waals surface area (Å²) in [6.07, 6.45) is 8.03. The van der Waals surface area contributed by atoms with Crippen LogP contribution in [0, 0.1) is 5.92 Å². The minimum atomic E-state index is -1.69. The zero-order valence-corrected chi connectivity index (χ0v) is 18.4. The number of hydrogen-bond donors (Lipinski definition) is 2. The number of nitrogens with zero attached hydrogens (tertiary/aromatic N) is 5. The monoisotopic (exact) mass is 439 g/mol. The minimum absolute atomic E-state index is 0.0340. The van der Waals surface area contributed by atoms with Crippen molar-refractivity contribution in [2.75, 3.05) is 30.0 Å². The molecule has 9 heteroatoms. The molecule has 9 nitrogen and oxygen atoms in total. The minimum Gasteiger partial charge on any atom is -0.396 e. The van der Waals surface area contributed by atoms with Gasteiger partial charge in [0.2, 0.25) is 5.91 Å². The standard InChI is InChI=1S/C23H29N5O4/c1-16(6-3-4-11-27-15-17(10-13-29)24-25-27)23(32)19-14-18(28-12-5-7-21(28)30)8-9-20(19)26(2)22(23)31/h3,6,8-9,14-16,29,32H,4-5,7,10-13H2,1-2H3/b6-3+/t16-,23+/m0/s1. The van der Waals surface area contributed by atoms with E-state index in [-0.39, 0.29) is 18.4 Å². The van der Waals surface area contributed by atoms with E-state index in [9.17, 15) is 14.7 Å². The Kier molecular flexibility index (Phi) is 6.12. The Morgan fingerprint density at radius 1 is 1.31 bits per heavy atom. The number of carbonyl (C=O) groups is 2. The molecule has 0 aliphatic carbocycles. The van der Waals surface area contributed by atoms with Gasteiger partial charge in [-0.2, -0.15) is 0 Å². The second kappa shape index (κ2) is 8.84. The lowest BCUT2D eigenvalue weighted by Gasteiger charge is -2.27. The molecule has 1 aromatic heterocycles. The van der Waals surface area contributed by atoms with Crippen molar-refractivity contribution in [2.45, 2.75) is 44.8 Å². The highest BCUT2D eigenvalue weighted by Gasteiger charge is 2.51. The summed E-state index contributed by atoms with van der Waals surface area (Å²) in [6, 6.07) is 5.42. The van der Waals surface area contributed by atoms with Crippen LogP contribution in [0.25, 0.3) is 0 Å². The number of aliphatic hydroxyl groups is 2. The highest BCUT2D eigenvalue weighted by atomic mass is 16.3. The largest absolute Gasteiger partial charge is 0.396 e. The summed E-state index contributed by atoms with van der Waals surface area (Å²) >= 11 is 0. The fraction of sp³-hybridized carbons (Fsp3) is 0.478. The van der Waals surface area contributed by atoms with Crippen molar-refractivity contribution >= 4 is 23.2 Å². The Morgan fingerprint density at radius 2 is 2.12 bits per heavy atom. The second-order valence-corrected chi connectivity index (χ2v) is 8.43. The van der Waals surface area contributed by atoms with E-state index in [2.05, 4.69) is 10.3 Å². The van der Waals surface area contributed by atoms with Crippen molar-refractivity contribution < 1.29 is 19.8 Å². The molecule has 1 aromatic carbocycles. The topological polar surface area (TPSA) is 112 Å². The van der Waals surface area contributed by atoms with Gasteiger partial charge in [-0.15, -0.1) is 5.10 Å². The number of benzene rings is 1. The van der Waals surface area contributed by atoms with Crippen molar-refractivity contribution in [3.63, 3.8) is 0 Å². The quantitative estimate of drug-likeness (QED) is 0.601. The van der Waals surface area contributed by atoms with E-state index in [0.717, 1.165) is 12.1 Å². The molecule has 1 fully saturated rings. The highest BCUT2D eigenvalue weighted by Crippen LogP contribution is 2.46. The van der Waals surface area contributed by atoms with Gasteiger partial charge in [-0.25, -0.2) is 0 Å². The van der Waals surface area contributed by atoms with E-state index in [0.29, 0.717) is 49.3 Å². The van der Waals surface area contributed by atoms with Crippen LogP contribution in [0.3, 0.4) is 0 Å². The van der Waals surface area contributed by atoms with E-state index in [1.54, 1.807) is 35.0 Å². The normalized spacial score (nSPS) is 21.8. The molecule has 2 atom stereocenters. The van der Waals surface area contributed by atoms with E-state index in [1.165, 1.54) is 4.90 Å². The third-order valence-corrected chi connectivity index (χ3v) is 6.33. The maximum atomic E-state index is 13.1. The molecule has 0 saturated carbocycles.